The van der Waals surface area contributed by atoms with Gasteiger partial charge in [-0.15, -0.1) is 11.3 Å². The maximum atomic E-state index is 5.89. The van der Waals surface area contributed by atoms with E-state index >= 15 is 0 Å². The summed E-state index contributed by atoms with van der Waals surface area (Å²) < 4.78 is 6.19. The van der Waals surface area contributed by atoms with Gasteiger partial charge >= 0.3 is 0 Å². The summed E-state index contributed by atoms with van der Waals surface area (Å²) in [6, 6.07) is 2.69. The Bertz CT molecular complexity index is 290. The first-order valence-electron chi connectivity index (χ1n) is 5.21. The van der Waals surface area contributed by atoms with Crippen LogP contribution in [0, 0.1) is 0 Å². The van der Waals surface area contributed by atoms with E-state index in [4.69, 9.17) is 16.3 Å². The highest BCUT2D eigenvalue weighted by molar-refractivity contribution is 7.14. The third-order valence-electron chi connectivity index (χ3n) is 2.19. The topological polar surface area (TPSA) is 21.3 Å². The minimum absolute atomic E-state index is 0.323. The molecule has 0 saturated carbocycles. The minimum atomic E-state index is 0.323. The van der Waals surface area contributed by atoms with E-state index in [0.29, 0.717) is 12.1 Å². The van der Waals surface area contributed by atoms with Crippen LogP contribution in [0.4, 0.5) is 0 Å². The molecule has 0 saturated heterocycles. The van der Waals surface area contributed by atoms with Crippen LogP contribution in [-0.2, 0) is 4.74 Å². The van der Waals surface area contributed by atoms with E-state index in [0.717, 1.165) is 17.6 Å². The zero-order valence-corrected chi connectivity index (χ0v) is 11.0. The van der Waals surface area contributed by atoms with Crippen molar-refractivity contribution in [2.24, 2.45) is 0 Å². The van der Waals surface area contributed by atoms with E-state index in [2.05, 4.69) is 24.5 Å². The summed E-state index contributed by atoms with van der Waals surface area (Å²) in [5.41, 5.74) is 1.24. The molecule has 0 aliphatic carbocycles. The normalized spacial score (nSPS) is 15.2. The summed E-state index contributed by atoms with van der Waals surface area (Å²) in [6.45, 7) is 7.79. The first-order valence-corrected chi connectivity index (χ1v) is 6.47. The van der Waals surface area contributed by atoms with E-state index in [9.17, 15) is 0 Å². The lowest BCUT2D eigenvalue weighted by Gasteiger charge is -2.19. The molecule has 0 spiro atoms. The van der Waals surface area contributed by atoms with Gasteiger partial charge in [-0.2, -0.15) is 0 Å². The first-order chi connectivity index (χ1) is 7.13. The molecule has 0 fully saturated rings. The molecule has 1 N–H and O–H groups in total. The molecule has 0 bridgehead atoms. The Morgan fingerprint density at radius 1 is 1.53 bits per heavy atom. The van der Waals surface area contributed by atoms with Crippen molar-refractivity contribution in [3.63, 3.8) is 0 Å². The van der Waals surface area contributed by atoms with Gasteiger partial charge in [-0.25, -0.2) is 0 Å². The second kappa shape index (κ2) is 6.48. The van der Waals surface area contributed by atoms with Gasteiger partial charge in [-0.05, 0) is 37.8 Å². The highest BCUT2D eigenvalue weighted by atomic mass is 35.5. The van der Waals surface area contributed by atoms with Crippen LogP contribution in [0.3, 0.4) is 0 Å². The molecule has 0 radical (unpaired) electrons. The van der Waals surface area contributed by atoms with Gasteiger partial charge in [0.15, 0.2) is 0 Å². The standard InChI is InChI=1S/C11H18ClNOS/c1-4-14-6-8(2)13-9(3)10-5-11(12)15-7-10/h5,7-9,13H,4,6H2,1-3H3. The van der Waals surface area contributed by atoms with Crippen molar-refractivity contribution < 1.29 is 4.74 Å². The molecule has 1 aromatic rings. The average molecular weight is 248 g/mol. The van der Waals surface area contributed by atoms with Crippen molar-refractivity contribution in [2.45, 2.75) is 32.9 Å². The molecule has 86 valence electrons. The van der Waals surface area contributed by atoms with Gasteiger partial charge in [0.1, 0.15) is 0 Å². The molecule has 0 aliphatic heterocycles. The number of thiophene rings is 1. The van der Waals surface area contributed by atoms with Crippen LogP contribution < -0.4 is 5.32 Å². The molecular weight excluding hydrogens is 230 g/mol. The quantitative estimate of drug-likeness (QED) is 0.831. The highest BCUT2D eigenvalue weighted by Gasteiger charge is 2.10. The van der Waals surface area contributed by atoms with Gasteiger partial charge in [0.05, 0.1) is 10.9 Å². The molecule has 0 aromatic carbocycles. The summed E-state index contributed by atoms with van der Waals surface area (Å²) in [5.74, 6) is 0. The second-order valence-electron chi connectivity index (χ2n) is 3.63. The van der Waals surface area contributed by atoms with Crippen LogP contribution >= 0.6 is 22.9 Å². The predicted molar refractivity (Wildman–Crippen MR) is 66.8 cm³/mol. The van der Waals surface area contributed by atoms with Crippen molar-refractivity contribution in [1.29, 1.82) is 0 Å². The molecule has 1 rings (SSSR count). The van der Waals surface area contributed by atoms with Crippen LogP contribution in [0.15, 0.2) is 11.4 Å². The molecule has 1 heterocycles. The maximum absolute atomic E-state index is 5.89. The molecule has 2 atom stereocenters. The fourth-order valence-corrected chi connectivity index (χ4v) is 2.40. The third-order valence-corrected chi connectivity index (χ3v) is 3.30. The van der Waals surface area contributed by atoms with Gasteiger partial charge < -0.3 is 10.1 Å². The molecule has 0 aliphatic rings. The van der Waals surface area contributed by atoms with Crippen LogP contribution in [0.2, 0.25) is 4.34 Å². The summed E-state index contributed by atoms with van der Waals surface area (Å²) >= 11 is 7.46. The summed E-state index contributed by atoms with van der Waals surface area (Å²) in [7, 11) is 0. The van der Waals surface area contributed by atoms with Crippen LogP contribution in [0.25, 0.3) is 0 Å². The Morgan fingerprint density at radius 3 is 2.80 bits per heavy atom. The van der Waals surface area contributed by atoms with Crippen molar-refractivity contribution in [3.8, 4) is 0 Å². The van der Waals surface area contributed by atoms with E-state index in [1.54, 1.807) is 11.3 Å². The lowest BCUT2D eigenvalue weighted by Crippen LogP contribution is -2.32. The molecule has 2 unspecified atom stereocenters. The molecule has 1 aromatic heterocycles. The number of nitrogens with one attached hydrogen (secondary N) is 1. The van der Waals surface area contributed by atoms with Crippen LogP contribution in [0.5, 0.6) is 0 Å². The molecule has 2 nitrogen and oxygen atoms in total. The fraction of sp³-hybridized carbons (Fsp3) is 0.636. The van der Waals surface area contributed by atoms with E-state index in [-0.39, 0.29) is 0 Å². The molecular formula is C11H18ClNOS. The summed E-state index contributed by atoms with van der Waals surface area (Å²) in [6.07, 6.45) is 0. The maximum Gasteiger partial charge on any atom is 0.0931 e. The third kappa shape index (κ3) is 4.51. The number of halogens is 1. The molecule has 0 amide bonds. The van der Waals surface area contributed by atoms with Crippen molar-refractivity contribution in [2.75, 3.05) is 13.2 Å². The molecule has 15 heavy (non-hydrogen) atoms. The highest BCUT2D eigenvalue weighted by Crippen LogP contribution is 2.24. The van der Waals surface area contributed by atoms with Crippen LogP contribution in [-0.4, -0.2) is 19.3 Å². The Hall–Kier alpha value is -0.0900. The number of ether oxygens (including phenoxy) is 1. The van der Waals surface area contributed by atoms with Gasteiger partial charge in [-0.1, -0.05) is 11.6 Å². The number of hydrogen-bond donors (Lipinski definition) is 1. The minimum Gasteiger partial charge on any atom is -0.380 e. The smallest absolute Gasteiger partial charge is 0.0931 e. The monoisotopic (exact) mass is 247 g/mol. The fourth-order valence-electron chi connectivity index (χ4n) is 1.42. The number of rotatable bonds is 6. The zero-order valence-electron chi connectivity index (χ0n) is 9.42. The van der Waals surface area contributed by atoms with Gasteiger partial charge in [0.2, 0.25) is 0 Å². The predicted octanol–water partition coefficient (Wildman–Crippen LogP) is 3.48. The van der Waals surface area contributed by atoms with Gasteiger partial charge in [0, 0.05) is 18.7 Å². The summed E-state index contributed by atoms with van der Waals surface area (Å²) in [5, 5.41) is 5.56. The average Bonchev–Trinajstić information content (AvgIpc) is 2.61. The Morgan fingerprint density at radius 2 is 2.27 bits per heavy atom. The molecule has 4 heteroatoms. The van der Waals surface area contributed by atoms with Gasteiger partial charge in [-0.3, -0.25) is 0 Å². The van der Waals surface area contributed by atoms with Crippen molar-refractivity contribution in [3.05, 3.63) is 21.3 Å². The zero-order chi connectivity index (χ0) is 11.3. The Balaban J connectivity index is 2.38. The lowest BCUT2D eigenvalue weighted by molar-refractivity contribution is 0.124. The van der Waals surface area contributed by atoms with Crippen LogP contribution in [0.1, 0.15) is 32.4 Å². The first kappa shape index (κ1) is 13.0. The number of hydrogen-bond acceptors (Lipinski definition) is 3. The van der Waals surface area contributed by atoms with E-state index in [1.807, 2.05) is 13.0 Å². The van der Waals surface area contributed by atoms with Crippen molar-refractivity contribution >= 4 is 22.9 Å². The van der Waals surface area contributed by atoms with E-state index < -0.39 is 0 Å². The van der Waals surface area contributed by atoms with Crippen molar-refractivity contribution in [1.82, 2.24) is 5.32 Å². The second-order valence-corrected chi connectivity index (χ2v) is 5.18. The Labute approximate surface area is 101 Å². The SMILES string of the molecule is CCOCC(C)NC(C)c1csc(Cl)c1. The van der Waals surface area contributed by atoms with E-state index in [1.165, 1.54) is 5.56 Å². The lowest BCUT2D eigenvalue weighted by atomic mass is 10.1. The Kier molecular flexibility index (Phi) is 5.61. The largest absolute Gasteiger partial charge is 0.380 e. The van der Waals surface area contributed by atoms with Gasteiger partial charge in [0.25, 0.3) is 0 Å². The summed E-state index contributed by atoms with van der Waals surface area (Å²) in [4.78, 5) is 0.